The van der Waals surface area contributed by atoms with Gasteiger partial charge in [-0.05, 0) is 60.9 Å². The van der Waals surface area contributed by atoms with Gasteiger partial charge in [0.2, 0.25) is 0 Å². The van der Waals surface area contributed by atoms with E-state index in [0.717, 1.165) is 53.2 Å². The number of anilines is 1. The van der Waals surface area contributed by atoms with Crippen LogP contribution in [0.2, 0.25) is 5.02 Å². The van der Waals surface area contributed by atoms with Gasteiger partial charge < -0.3 is 0 Å². The number of rotatable bonds is 9. The van der Waals surface area contributed by atoms with Crippen molar-refractivity contribution in [1.29, 1.82) is 0 Å². The zero-order valence-corrected chi connectivity index (χ0v) is 20.4. The first-order valence-corrected chi connectivity index (χ1v) is 12.7. The molecule has 0 saturated heterocycles. The van der Waals surface area contributed by atoms with Gasteiger partial charge >= 0.3 is 0 Å². The molecule has 33 heavy (non-hydrogen) atoms. The molecule has 3 nitrogen and oxygen atoms in total. The summed E-state index contributed by atoms with van der Waals surface area (Å²) in [6, 6.07) is 15.1. The van der Waals surface area contributed by atoms with Gasteiger partial charge in [-0.2, -0.15) is 0 Å². The van der Waals surface area contributed by atoms with E-state index in [1.165, 1.54) is 24.3 Å². The molecule has 7 heteroatoms. The second-order valence-electron chi connectivity index (χ2n) is 8.00. The third-order valence-corrected chi connectivity index (χ3v) is 7.79. The smallest absolute Gasteiger partial charge is 0.256 e. The highest BCUT2D eigenvalue weighted by Crippen LogP contribution is 2.38. The molecule has 0 aliphatic rings. The lowest BCUT2D eigenvalue weighted by molar-refractivity contribution is 0.570. The van der Waals surface area contributed by atoms with Crippen molar-refractivity contribution in [2.75, 3.05) is 4.31 Å². The second-order valence-corrected chi connectivity index (χ2v) is 10.2. The van der Waals surface area contributed by atoms with Crippen LogP contribution < -0.4 is 4.31 Å². The molecule has 0 amide bonds. The number of nitrogens with zero attached hydrogens (tertiary/aromatic N) is 1. The van der Waals surface area contributed by atoms with Gasteiger partial charge in [-0.3, -0.25) is 4.31 Å². The fourth-order valence-corrected chi connectivity index (χ4v) is 5.64. The predicted octanol–water partition coefficient (Wildman–Crippen LogP) is 7.71. The van der Waals surface area contributed by atoms with E-state index in [9.17, 15) is 17.2 Å². The summed E-state index contributed by atoms with van der Waals surface area (Å²) < 4.78 is 57.6. The van der Waals surface area contributed by atoms with Gasteiger partial charge in [0.25, 0.3) is 10.0 Å². The van der Waals surface area contributed by atoms with Gasteiger partial charge in [0.15, 0.2) is 0 Å². The summed E-state index contributed by atoms with van der Waals surface area (Å²) in [5.41, 5.74) is 1.28. The molecule has 0 saturated carbocycles. The van der Waals surface area contributed by atoms with Crippen LogP contribution >= 0.6 is 11.6 Å². The Hall–Kier alpha value is -2.44. The van der Waals surface area contributed by atoms with E-state index >= 15 is 0 Å². The van der Waals surface area contributed by atoms with Gasteiger partial charge in [-0.25, -0.2) is 17.2 Å². The van der Waals surface area contributed by atoms with Crippen molar-refractivity contribution in [1.82, 2.24) is 0 Å². The molecular weight excluding hydrogens is 464 g/mol. The highest BCUT2D eigenvalue weighted by molar-refractivity contribution is 7.92. The number of hydrogen-bond donors (Lipinski definition) is 0. The molecule has 3 aromatic rings. The molecule has 175 valence electrons. The van der Waals surface area contributed by atoms with Crippen LogP contribution in [0.15, 0.2) is 71.6 Å². The van der Waals surface area contributed by atoms with E-state index in [0.29, 0.717) is 10.6 Å². The van der Waals surface area contributed by atoms with Crippen molar-refractivity contribution < 1.29 is 17.2 Å². The van der Waals surface area contributed by atoms with E-state index in [1.807, 2.05) is 31.2 Å². The van der Waals surface area contributed by atoms with Crippen LogP contribution in [0, 0.1) is 17.6 Å². The quantitative estimate of drug-likeness (QED) is 0.308. The van der Waals surface area contributed by atoms with Crippen LogP contribution in [0.5, 0.6) is 0 Å². The Labute approximate surface area is 200 Å². The van der Waals surface area contributed by atoms with E-state index in [-0.39, 0.29) is 10.6 Å². The van der Waals surface area contributed by atoms with Crippen LogP contribution in [0.4, 0.5) is 14.5 Å². The van der Waals surface area contributed by atoms with Crippen molar-refractivity contribution in [3.8, 4) is 0 Å². The molecule has 0 spiro atoms. The van der Waals surface area contributed by atoms with E-state index in [4.69, 9.17) is 11.6 Å². The number of benzene rings is 3. The van der Waals surface area contributed by atoms with Crippen LogP contribution in [0.25, 0.3) is 0 Å². The fraction of sp³-hybridized carbons (Fsp3) is 0.269. The normalized spacial score (nSPS) is 12.7. The van der Waals surface area contributed by atoms with Crippen molar-refractivity contribution in [2.45, 2.75) is 51.0 Å². The van der Waals surface area contributed by atoms with Crippen molar-refractivity contribution in [2.24, 2.45) is 0 Å². The maximum Gasteiger partial charge on any atom is 0.264 e. The number of unbranched alkanes of at least 4 members (excludes halogenated alkanes) is 1. The molecule has 0 unspecified atom stereocenters. The van der Waals surface area contributed by atoms with Crippen molar-refractivity contribution in [3.63, 3.8) is 0 Å². The minimum absolute atomic E-state index is 0.0634. The SMILES string of the molecule is CCCC[C](C)c1ccccc1[C@@H](C)N(c1cc(F)ccc1F)S(=O)(=O)c1ccc(Cl)cc1. The standard InChI is InChI=1S/C26H27ClF2NO2S/c1-4-5-8-18(2)23-9-6-7-10-24(23)19(3)30(26-17-21(28)13-16-25(26)29)33(31,32)22-14-11-20(27)12-15-22/h6-7,9-17,19H,4-5,8H2,1-3H3/t19-/m1/s1. The maximum absolute atomic E-state index is 14.9. The molecule has 3 rings (SSSR count). The van der Waals surface area contributed by atoms with E-state index in [2.05, 4.69) is 6.92 Å². The van der Waals surface area contributed by atoms with Crippen LogP contribution in [-0.4, -0.2) is 8.42 Å². The summed E-state index contributed by atoms with van der Waals surface area (Å²) in [6.45, 7) is 5.81. The third kappa shape index (κ3) is 5.56. The summed E-state index contributed by atoms with van der Waals surface area (Å²) in [5.74, 6) is -0.443. The molecule has 0 bridgehead atoms. The molecule has 3 aromatic carbocycles. The summed E-state index contributed by atoms with van der Waals surface area (Å²) in [5, 5.41) is 0.372. The highest BCUT2D eigenvalue weighted by atomic mass is 35.5. The molecule has 0 fully saturated rings. The molecule has 0 N–H and O–H groups in total. The predicted molar refractivity (Wildman–Crippen MR) is 130 cm³/mol. The summed E-state index contributed by atoms with van der Waals surface area (Å²) >= 11 is 5.94. The van der Waals surface area contributed by atoms with E-state index in [1.54, 1.807) is 6.92 Å². The van der Waals surface area contributed by atoms with Gasteiger partial charge in [-0.1, -0.05) is 62.6 Å². The lowest BCUT2D eigenvalue weighted by atomic mass is 9.89. The number of halogens is 3. The van der Waals surface area contributed by atoms with Gasteiger partial charge in [-0.15, -0.1) is 0 Å². The molecule has 1 radical (unpaired) electrons. The Morgan fingerprint density at radius 1 is 1.03 bits per heavy atom. The summed E-state index contributed by atoms with van der Waals surface area (Å²) in [6.07, 6.45) is 2.89. The highest BCUT2D eigenvalue weighted by Gasteiger charge is 2.34. The zero-order valence-electron chi connectivity index (χ0n) is 18.9. The monoisotopic (exact) mass is 490 g/mol. The van der Waals surface area contributed by atoms with E-state index < -0.39 is 27.7 Å². The Bertz CT molecular complexity index is 1200. The average Bonchev–Trinajstić information content (AvgIpc) is 2.80. The molecule has 1 atom stereocenters. The van der Waals surface area contributed by atoms with Crippen LogP contribution in [0.3, 0.4) is 0 Å². The average molecular weight is 491 g/mol. The maximum atomic E-state index is 14.9. The molecule has 0 aromatic heterocycles. The zero-order chi connectivity index (χ0) is 24.2. The summed E-state index contributed by atoms with van der Waals surface area (Å²) in [7, 11) is -4.26. The Morgan fingerprint density at radius 3 is 2.36 bits per heavy atom. The second kappa shape index (κ2) is 10.7. The molecule has 0 heterocycles. The molecule has 0 aliphatic carbocycles. The fourth-order valence-electron chi connectivity index (χ4n) is 3.87. The van der Waals surface area contributed by atoms with Gasteiger partial charge in [0.05, 0.1) is 16.6 Å². The Morgan fingerprint density at radius 2 is 1.70 bits per heavy atom. The van der Waals surface area contributed by atoms with Crippen molar-refractivity contribution in [3.05, 3.63) is 100 Å². The molecule has 0 aliphatic heterocycles. The minimum Gasteiger partial charge on any atom is -0.256 e. The topological polar surface area (TPSA) is 37.4 Å². The van der Waals surface area contributed by atoms with Crippen LogP contribution in [0.1, 0.15) is 57.2 Å². The molecular formula is C26H27ClF2NO2S. The van der Waals surface area contributed by atoms with Crippen molar-refractivity contribution >= 4 is 27.3 Å². The third-order valence-electron chi connectivity index (χ3n) is 5.64. The lowest BCUT2D eigenvalue weighted by Gasteiger charge is -2.33. The Balaban J connectivity index is 2.19. The first kappa shape index (κ1) is 25.2. The lowest BCUT2D eigenvalue weighted by Crippen LogP contribution is -2.35. The Kier molecular flexibility index (Phi) is 8.14. The largest absolute Gasteiger partial charge is 0.264 e. The first-order chi connectivity index (χ1) is 15.7. The van der Waals surface area contributed by atoms with Crippen LogP contribution in [-0.2, 0) is 10.0 Å². The van der Waals surface area contributed by atoms with Gasteiger partial charge in [0.1, 0.15) is 11.6 Å². The van der Waals surface area contributed by atoms with Gasteiger partial charge in [0, 0.05) is 17.0 Å². The minimum atomic E-state index is -4.26. The summed E-state index contributed by atoms with van der Waals surface area (Å²) in [4.78, 5) is -0.0634. The number of hydrogen-bond acceptors (Lipinski definition) is 2. The number of sulfonamides is 1. The first-order valence-electron chi connectivity index (χ1n) is 10.8.